The third kappa shape index (κ3) is 2.94. The molecule has 1 heterocycles. The summed E-state index contributed by atoms with van der Waals surface area (Å²) in [6, 6.07) is 1.82. The second kappa shape index (κ2) is 4.77. The van der Waals surface area contributed by atoms with E-state index in [-0.39, 0.29) is 5.91 Å². The van der Waals surface area contributed by atoms with Crippen LogP contribution in [0.25, 0.3) is 0 Å². The van der Waals surface area contributed by atoms with E-state index < -0.39 is 0 Å². The number of carbonyl (C=O) groups is 1. The first-order chi connectivity index (χ1) is 7.04. The number of nitrogens with two attached hydrogens (primary N) is 1. The number of aryl methyl sites for hydroxylation is 2. The third-order valence-corrected chi connectivity index (χ3v) is 2.36. The van der Waals surface area contributed by atoms with Crippen molar-refractivity contribution < 1.29 is 4.79 Å². The van der Waals surface area contributed by atoms with Crippen molar-refractivity contribution in [2.45, 2.75) is 33.7 Å². The van der Waals surface area contributed by atoms with E-state index in [1.807, 2.05) is 26.8 Å². The van der Waals surface area contributed by atoms with Crippen molar-refractivity contribution >= 4 is 11.7 Å². The van der Waals surface area contributed by atoms with Gasteiger partial charge in [0, 0.05) is 18.7 Å². The van der Waals surface area contributed by atoms with Crippen LogP contribution >= 0.6 is 0 Å². The van der Waals surface area contributed by atoms with Gasteiger partial charge in [-0.05, 0) is 31.0 Å². The molecular formula is C11H17N3O. The van der Waals surface area contributed by atoms with E-state index in [4.69, 9.17) is 5.73 Å². The average molecular weight is 207 g/mol. The van der Waals surface area contributed by atoms with Gasteiger partial charge in [-0.1, -0.05) is 6.92 Å². The number of anilines is 1. The predicted molar refractivity (Wildman–Crippen MR) is 60.3 cm³/mol. The molecule has 3 N–H and O–H groups in total. The van der Waals surface area contributed by atoms with Crippen molar-refractivity contribution in [2.75, 3.05) is 5.73 Å². The Hall–Kier alpha value is -1.58. The van der Waals surface area contributed by atoms with Gasteiger partial charge in [0.05, 0.1) is 0 Å². The van der Waals surface area contributed by atoms with Crippen LogP contribution in [0.15, 0.2) is 6.07 Å². The summed E-state index contributed by atoms with van der Waals surface area (Å²) >= 11 is 0. The van der Waals surface area contributed by atoms with Crippen LogP contribution in [-0.2, 0) is 11.3 Å². The SMILES string of the molecule is CCC(=O)NCc1c(C)cc(N)nc1C. The van der Waals surface area contributed by atoms with Crippen molar-refractivity contribution in [3.8, 4) is 0 Å². The number of rotatable bonds is 3. The van der Waals surface area contributed by atoms with Crippen LogP contribution in [0.4, 0.5) is 5.82 Å². The quantitative estimate of drug-likeness (QED) is 0.785. The fourth-order valence-corrected chi connectivity index (χ4v) is 1.47. The molecule has 1 aromatic rings. The molecule has 1 aromatic heterocycles. The Balaban J connectivity index is 2.81. The standard InChI is InChI=1S/C11H17N3O/c1-4-11(15)13-6-9-7(2)5-10(12)14-8(9)3/h5H,4,6H2,1-3H3,(H2,12,14)(H,13,15). The number of carbonyl (C=O) groups excluding carboxylic acids is 1. The fourth-order valence-electron chi connectivity index (χ4n) is 1.47. The highest BCUT2D eigenvalue weighted by atomic mass is 16.1. The summed E-state index contributed by atoms with van der Waals surface area (Å²) in [5.74, 6) is 0.571. The summed E-state index contributed by atoms with van der Waals surface area (Å²) in [6.07, 6.45) is 0.500. The molecule has 0 spiro atoms. The lowest BCUT2D eigenvalue weighted by molar-refractivity contribution is -0.120. The number of nitrogens with one attached hydrogen (secondary N) is 1. The molecule has 0 fully saturated rings. The Morgan fingerprint density at radius 3 is 2.73 bits per heavy atom. The maximum atomic E-state index is 11.1. The highest BCUT2D eigenvalue weighted by molar-refractivity contribution is 5.75. The number of aromatic nitrogens is 1. The molecule has 0 aliphatic heterocycles. The summed E-state index contributed by atoms with van der Waals surface area (Å²) < 4.78 is 0. The van der Waals surface area contributed by atoms with Crippen LogP contribution in [0.5, 0.6) is 0 Å². The van der Waals surface area contributed by atoms with Crippen molar-refractivity contribution in [1.29, 1.82) is 0 Å². The second-order valence-electron chi connectivity index (χ2n) is 3.56. The van der Waals surface area contributed by atoms with Gasteiger partial charge in [-0.25, -0.2) is 4.98 Å². The Kier molecular flexibility index (Phi) is 3.66. The van der Waals surface area contributed by atoms with Crippen LogP contribution < -0.4 is 11.1 Å². The van der Waals surface area contributed by atoms with Gasteiger partial charge in [-0.15, -0.1) is 0 Å². The van der Waals surface area contributed by atoms with Crippen molar-refractivity contribution in [2.24, 2.45) is 0 Å². The highest BCUT2D eigenvalue weighted by Gasteiger charge is 2.06. The molecule has 0 bridgehead atoms. The molecule has 4 nitrogen and oxygen atoms in total. The van der Waals surface area contributed by atoms with E-state index in [2.05, 4.69) is 10.3 Å². The maximum absolute atomic E-state index is 11.1. The number of pyridine rings is 1. The van der Waals surface area contributed by atoms with Crippen LogP contribution in [0.1, 0.15) is 30.2 Å². The van der Waals surface area contributed by atoms with E-state index in [1.165, 1.54) is 0 Å². The molecule has 0 radical (unpaired) electrons. The van der Waals surface area contributed by atoms with Gasteiger partial charge in [0.25, 0.3) is 0 Å². The zero-order chi connectivity index (χ0) is 11.4. The molecule has 0 aliphatic rings. The normalized spacial score (nSPS) is 10.1. The number of hydrogen-bond acceptors (Lipinski definition) is 3. The van der Waals surface area contributed by atoms with Crippen LogP contribution in [0, 0.1) is 13.8 Å². The molecule has 1 amide bonds. The smallest absolute Gasteiger partial charge is 0.219 e. The Morgan fingerprint density at radius 1 is 1.53 bits per heavy atom. The van der Waals surface area contributed by atoms with Crippen molar-refractivity contribution in [3.05, 3.63) is 22.9 Å². The molecule has 0 saturated carbocycles. The van der Waals surface area contributed by atoms with Gasteiger partial charge in [-0.2, -0.15) is 0 Å². The van der Waals surface area contributed by atoms with Gasteiger partial charge < -0.3 is 11.1 Å². The van der Waals surface area contributed by atoms with Gasteiger partial charge in [-0.3, -0.25) is 4.79 Å². The molecule has 1 rings (SSSR count). The second-order valence-corrected chi connectivity index (χ2v) is 3.56. The lowest BCUT2D eigenvalue weighted by Crippen LogP contribution is -2.22. The molecular weight excluding hydrogens is 190 g/mol. The minimum Gasteiger partial charge on any atom is -0.384 e. The summed E-state index contributed by atoms with van der Waals surface area (Å²) in [6.45, 7) is 6.23. The van der Waals surface area contributed by atoms with E-state index >= 15 is 0 Å². The van der Waals surface area contributed by atoms with Crippen LogP contribution in [0.2, 0.25) is 0 Å². The van der Waals surface area contributed by atoms with Crippen molar-refractivity contribution in [3.63, 3.8) is 0 Å². The van der Waals surface area contributed by atoms with Crippen LogP contribution in [-0.4, -0.2) is 10.9 Å². The van der Waals surface area contributed by atoms with Gasteiger partial charge in [0.2, 0.25) is 5.91 Å². The molecule has 0 atom stereocenters. The molecule has 82 valence electrons. The lowest BCUT2D eigenvalue weighted by atomic mass is 10.1. The minimum atomic E-state index is 0.0469. The third-order valence-electron chi connectivity index (χ3n) is 2.36. The predicted octanol–water partition coefficient (Wildman–Crippen LogP) is 1.31. The largest absolute Gasteiger partial charge is 0.384 e. The maximum Gasteiger partial charge on any atom is 0.219 e. The minimum absolute atomic E-state index is 0.0469. The molecule has 4 heteroatoms. The van der Waals surface area contributed by atoms with Gasteiger partial charge >= 0.3 is 0 Å². The number of nitrogen functional groups attached to an aromatic ring is 1. The average Bonchev–Trinajstić information content (AvgIpc) is 2.15. The first kappa shape index (κ1) is 11.5. The molecule has 0 aromatic carbocycles. The van der Waals surface area contributed by atoms with Crippen molar-refractivity contribution in [1.82, 2.24) is 10.3 Å². The summed E-state index contributed by atoms with van der Waals surface area (Å²) in [5, 5.41) is 2.83. The van der Waals surface area contributed by atoms with E-state index in [9.17, 15) is 4.79 Å². The lowest BCUT2D eigenvalue weighted by Gasteiger charge is -2.10. The molecule has 0 saturated heterocycles. The Bertz CT molecular complexity index is 351. The van der Waals surface area contributed by atoms with E-state index in [0.717, 1.165) is 16.8 Å². The monoisotopic (exact) mass is 207 g/mol. The fraction of sp³-hybridized carbons (Fsp3) is 0.455. The first-order valence-corrected chi connectivity index (χ1v) is 5.04. The summed E-state index contributed by atoms with van der Waals surface area (Å²) in [5.41, 5.74) is 8.60. The summed E-state index contributed by atoms with van der Waals surface area (Å²) in [4.78, 5) is 15.3. The molecule has 0 aliphatic carbocycles. The number of amides is 1. The zero-order valence-electron chi connectivity index (χ0n) is 9.42. The topological polar surface area (TPSA) is 68.0 Å². The highest BCUT2D eigenvalue weighted by Crippen LogP contribution is 2.14. The van der Waals surface area contributed by atoms with Gasteiger partial charge in [0.15, 0.2) is 0 Å². The van der Waals surface area contributed by atoms with E-state index in [0.29, 0.717) is 18.8 Å². The Morgan fingerprint density at radius 2 is 2.20 bits per heavy atom. The first-order valence-electron chi connectivity index (χ1n) is 5.04. The summed E-state index contributed by atoms with van der Waals surface area (Å²) in [7, 11) is 0. The van der Waals surface area contributed by atoms with E-state index in [1.54, 1.807) is 0 Å². The molecule has 15 heavy (non-hydrogen) atoms. The van der Waals surface area contributed by atoms with Gasteiger partial charge in [0.1, 0.15) is 5.82 Å². The number of hydrogen-bond donors (Lipinski definition) is 2. The molecule has 0 unspecified atom stereocenters. The van der Waals surface area contributed by atoms with Crippen LogP contribution in [0.3, 0.4) is 0 Å². The Labute approximate surface area is 89.9 Å². The number of nitrogens with zero attached hydrogens (tertiary/aromatic N) is 1. The zero-order valence-corrected chi connectivity index (χ0v) is 9.42.